The lowest BCUT2D eigenvalue weighted by atomic mass is 9.83. The Hall–Kier alpha value is -0.760. The molecule has 1 atom stereocenters. The predicted octanol–water partition coefficient (Wildman–Crippen LogP) is 11.0. The third-order valence-corrected chi connectivity index (χ3v) is 8.19. The van der Waals surface area contributed by atoms with Gasteiger partial charge in [0.25, 0.3) is 0 Å². The van der Waals surface area contributed by atoms with Crippen LogP contribution in [-0.2, 0) is 6.42 Å². The monoisotopic (exact) mass is 501 g/mol. The Labute approximate surface area is 206 Å². The molecule has 1 aromatic heterocycles. The number of aromatic amines is 1. The maximum atomic E-state index is 3.78. The first-order valence-corrected chi connectivity index (χ1v) is 14.9. The van der Waals surface area contributed by atoms with Gasteiger partial charge in [-0.25, -0.2) is 0 Å². The van der Waals surface area contributed by atoms with E-state index in [1.54, 1.807) is 11.3 Å². The van der Waals surface area contributed by atoms with Crippen LogP contribution in [0.4, 0.5) is 0 Å². The van der Waals surface area contributed by atoms with E-state index in [-0.39, 0.29) is 0 Å². The molecule has 1 aliphatic carbocycles. The summed E-state index contributed by atoms with van der Waals surface area (Å²) in [7, 11) is 0. The standard InChI is InChI=1S/C30H48BrN/c1-2-3-4-5-6-7-8-9-10-11-12-13-14-15-16-17-19-25-20-18-21-27-28-24-26(31)22-23-29(28)32-30(25)27/h22-25,32H,2-21H2,1H3. The summed E-state index contributed by atoms with van der Waals surface area (Å²) in [4.78, 5) is 3.78. The van der Waals surface area contributed by atoms with E-state index < -0.39 is 0 Å². The molecular formula is C30H48BrN. The number of nitrogens with one attached hydrogen (secondary N) is 1. The van der Waals surface area contributed by atoms with E-state index in [1.165, 1.54) is 144 Å². The number of hydrogen-bond donors (Lipinski definition) is 1. The molecule has 1 nitrogen and oxygen atoms in total. The highest BCUT2D eigenvalue weighted by molar-refractivity contribution is 9.10. The van der Waals surface area contributed by atoms with Crippen LogP contribution < -0.4 is 0 Å². The Bertz CT molecular complexity index is 762. The highest BCUT2D eigenvalue weighted by atomic mass is 79.9. The number of aromatic nitrogens is 1. The van der Waals surface area contributed by atoms with Gasteiger partial charge >= 0.3 is 0 Å². The van der Waals surface area contributed by atoms with Crippen LogP contribution in [0.5, 0.6) is 0 Å². The summed E-state index contributed by atoms with van der Waals surface area (Å²) >= 11 is 3.65. The zero-order valence-corrected chi connectivity index (χ0v) is 22.4. The first kappa shape index (κ1) is 25.9. The normalized spacial score (nSPS) is 16.0. The Morgan fingerprint density at radius 1 is 0.781 bits per heavy atom. The van der Waals surface area contributed by atoms with E-state index in [0.29, 0.717) is 0 Å². The summed E-state index contributed by atoms with van der Waals surface area (Å²) in [6, 6.07) is 6.71. The molecular weight excluding hydrogens is 454 g/mol. The molecule has 32 heavy (non-hydrogen) atoms. The van der Waals surface area contributed by atoms with Crippen LogP contribution in [0.2, 0.25) is 0 Å². The molecule has 3 rings (SSSR count). The maximum Gasteiger partial charge on any atom is 0.0459 e. The van der Waals surface area contributed by atoms with Gasteiger partial charge in [0.2, 0.25) is 0 Å². The maximum absolute atomic E-state index is 3.78. The van der Waals surface area contributed by atoms with Crippen molar-refractivity contribution in [2.75, 3.05) is 0 Å². The molecule has 0 amide bonds. The molecule has 0 spiro atoms. The molecule has 0 saturated heterocycles. The molecule has 1 heterocycles. The minimum Gasteiger partial charge on any atom is -0.358 e. The van der Waals surface area contributed by atoms with Crippen LogP contribution in [0.15, 0.2) is 22.7 Å². The number of hydrogen-bond acceptors (Lipinski definition) is 0. The quantitative estimate of drug-likeness (QED) is 0.207. The number of aryl methyl sites for hydroxylation is 1. The lowest BCUT2D eigenvalue weighted by Gasteiger charge is -2.22. The second-order valence-corrected chi connectivity index (χ2v) is 11.3. The van der Waals surface area contributed by atoms with Crippen LogP contribution in [0, 0.1) is 0 Å². The van der Waals surface area contributed by atoms with Crippen molar-refractivity contribution < 1.29 is 0 Å². The number of halogens is 1. The minimum atomic E-state index is 0.761. The summed E-state index contributed by atoms with van der Waals surface area (Å²) in [6.07, 6.45) is 28.6. The second-order valence-electron chi connectivity index (χ2n) is 10.4. The van der Waals surface area contributed by atoms with Gasteiger partial charge in [0.05, 0.1) is 0 Å². The van der Waals surface area contributed by atoms with Crippen LogP contribution in [-0.4, -0.2) is 4.98 Å². The zero-order chi connectivity index (χ0) is 22.4. The molecule has 2 aromatic rings. The number of H-pyrrole nitrogens is 1. The van der Waals surface area contributed by atoms with Crippen molar-refractivity contribution >= 4 is 26.8 Å². The van der Waals surface area contributed by atoms with Crippen molar-refractivity contribution in [3.8, 4) is 0 Å². The number of benzene rings is 1. The van der Waals surface area contributed by atoms with Crippen molar-refractivity contribution in [3.63, 3.8) is 0 Å². The van der Waals surface area contributed by atoms with Crippen LogP contribution in [0.1, 0.15) is 146 Å². The fourth-order valence-corrected chi connectivity index (χ4v) is 6.12. The van der Waals surface area contributed by atoms with E-state index in [4.69, 9.17) is 0 Å². The van der Waals surface area contributed by atoms with Crippen molar-refractivity contribution in [1.29, 1.82) is 0 Å². The Morgan fingerprint density at radius 2 is 1.34 bits per heavy atom. The highest BCUT2D eigenvalue weighted by Gasteiger charge is 2.23. The van der Waals surface area contributed by atoms with Crippen LogP contribution in [0.25, 0.3) is 10.9 Å². The summed E-state index contributed by atoms with van der Waals surface area (Å²) in [5, 5.41) is 1.45. The number of fused-ring (bicyclic) bond motifs is 3. The van der Waals surface area contributed by atoms with Crippen molar-refractivity contribution in [3.05, 3.63) is 33.9 Å². The largest absolute Gasteiger partial charge is 0.358 e. The molecule has 0 aliphatic heterocycles. The van der Waals surface area contributed by atoms with E-state index in [0.717, 1.165) is 5.92 Å². The molecule has 1 aromatic carbocycles. The van der Waals surface area contributed by atoms with Gasteiger partial charge in [-0.1, -0.05) is 126 Å². The van der Waals surface area contributed by atoms with Crippen LogP contribution >= 0.6 is 15.9 Å². The van der Waals surface area contributed by atoms with Gasteiger partial charge in [-0.2, -0.15) is 0 Å². The highest BCUT2D eigenvalue weighted by Crippen LogP contribution is 2.39. The van der Waals surface area contributed by atoms with Crippen molar-refractivity contribution in [2.45, 2.75) is 141 Å². The molecule has 0 saturated carbocycles. The SMILES string of the molecule is CCCCCCCCCCCCCCCCCCC1CCCc2c1[nH]c1ccc(Br)cc21. The van der Waals surface area contributed by atoms with Gasteiger partial charge in [-0.3, -0.25) is 0 Å². The first-order chi connectivity index (χ1) is 15.8. The average molecular weight is 503 g/mol. The summed E-state index contributed by atoms with van der Waals surface area (Å²) in [6.45, 7) is 2.30. The predicted molar refractivity (Wildman–Crippen MR) is 146 cm³/mol. The molecule has 0 bridgehead atoms. The Balaban J connectivity index is 1.18. The topological polar surface area (TPSA) is 15.8 Å². The fourth-order valence-electron chi connectivity index (χ4n) is 5.76. The summed E-state index contributed by atoms with van der Waals surface area (Å²) in [5.74, 6) is 0.761. The van der Waals surface area contributed by atoms with E-state index in [1.807, 2.05) is 0 Å². The van der Waals surface area contributed by atoms with Gasteiger partial charge in [0, 0.05) is 21.1 Å². The number of unbranched alkanes of at least 4 members (excludes halogenated alkanes) is 15. The zero-order valence-electron chi connectivity index (χ0n) is 20.8. The minimum absolute atomic E-state index is 0.761. The Kier molecular flexibility index (Phi) is 12.3. The van der Waals surface area contributed by atoms with Gasteiger partial charge < -0.3 is 4.98 Å². The molecule has 1 N–H and O–H groups in total. The average Bonchev–Trinajstić information content (AvgIpc) is 3.17. The van der Waals surface area contributed by atoms with E-state index in [2.05, 4.69) is 46.0 Å². The third kappa shape index (κ3) is 8.54. The Morgan fingerprint density at radius 3 is 1.94 bits per heavy atom. The summed E-state index contributed by atoms with van der Waals surface area (Å²) < 4.78 is 1.20. The lowest BCUT2D eigenvalue weighted by Crippen LogP contribution is -2.09. The summed E-state index contributed by atoms with van der Waals surface area (Å²) in [5.41, 5.74) is 4.50. The number of rotatable bonds is 17. The lowest BCUT2D eigenvalue weighted by molar-refractivity contribution is 0.475. The molecule has 180 valence electrons. The second kappa shape index (κ2) is 15.2. The smallest absolute Gasteiger partial charge is 0.0459 e. The third-order valence-electron chi connectivity index (χ3n) is 7.69. The first-order valence-electron chi connectivity index (χ1n) is 14.1. The van der Waals surface area contributed by atoms with Gasteiger partial charge in [0.15, 0.2) is 0 Å². The van der Waals surface area contributed by atoms with Gasteiger partial charge in [-0.15, -0.1) is 0 Å². The van der Waals surface area contributed by atoms with E-state index in [9.17, 15) is 0 Å². The van der Waals surface area contributed by atoms with Crippen LogP contribution in [0.3, 0.4) is 0 Å². The fraction of sp³-hybridized carbons (Fsp3) is 0.733. The van der Waals surface area contributed by atoms with Gasteiger partial charge in [0.1, 0.15) is 0 Å². The van der Waals surface area contributed by atoms with Gasteiger partial charge in [-0.05, 0) is 55.4 Å². The van der Waals surface area contributed by atoms with Crippen molar-refractivity contribution in [2.24, 2.45) is 0 Å². The van der Waals surface area contributed by atoms with E-state index >= 15 is 0 Å². The molecule has 2 heteroatoms. The van der Waals surface area contributed by atoms with Crippen molar-refractivity contribution in [1.82, 2.24) is 4.98 Å². The molecule has 1 aliphatic rings. The molecule has 0 fully saturated rings. The molecule has 0 radical (unpaired) electrons. The molecule has 1 unspecified atom stereocenters.